The summed E-state index contributed by atoms with van der Waals surface area (Å²) < 4.78 is 13.4. The van der Waals surface area contributed by atoms with Gasteiger partial charge in [0, 0.05) is 12.2 Å². The molecule has 0 aliphatic rings. The summed E-state index contributed by atoms with van der Waals surface area (Å²) in [7, 11) is 0. The van der Waals surface area contributed by atoms with Crippen LogP contribution in [0.3, 0.4) is 0 Å². The lowest BCUT2D eigenvalue weighted by molar-refractivity contribution is 0.619. The Morgan fingerprint density at radius 2 is 1.61 bits per heavy atom. The van der Waals surface area contributed by atoms with E-state index in [9.17, 15) is 4.39 Å². The van der Waals surface area contributed by atoms with Crippen molar-refractivity contribution >= 4 is 5.69 Å². The van der Waals surface area contributed by atoms with Gasteiger partial charge in [-0.25, -0.2) is 4.39 Å². The molecule has 1 nitrogen and oxygen atoms in total. The minimum Gasteiger partial charge on any atom is -0.381 e. The molecule has 1 N–H and O–H groups in total. The molecule has 0 spiro atoms. The first-order valence-corrected chi connectivity index (χ1v) is 6.12. The Labute approximate surface area is 108 Å². The van der Waals surface area contributed by atoms with Gasteiger partial charge in [0.05, 0.1) is 0 Å². The Bertz CT molecular complexity index is 541. The van der Waals surface area contributed by atoms with Crippen LogP contribution in [0.1, 0.15) is 22.3 Å². The summed E-state index contributed by atoms with van der Waals surface area (Å²) in [6.45, 7) is 6.65. The standard InChI is InChI=1S/C16H18FN/c1-11-6-12(2)8-14(7-11)10-18-15-5-4-13(3)16(17)9-15/h4-9,18H,10H2,1-3H3. The van der Waals surface area contributed by atoms with Crippen LogP contribution in [0.25, 0.3) is 0 Å². The second-order valence-electron chi connectivity index (χ2n) is 4.81. The Morgan fingerprint density at radius 1 is 0.944 bits per heavy atom. The van der Waals surface area contributed by atoms with Crippen molar-refractivity contribution in [2.75, 3.05) is 5.32 Å². The summed E-state index contributed by atoms with van der Waals surface area (Å²) in [4.78, 5) is 0. The van der Waals surface area contributed by atoms with Gasteiger partial charge < -0.3 is 5.32 Å². The van der Waals surface area contributed by atoms with Crippen LogP contribution >= 0.6 is 0 Å². The maximum Gasteiger partial charge on any atom is 0.128 e. The Hall–Kier alpha value is -1.83. The van der Waals surface area contributed by atoms with Gasteiger partial charge in [-0.1, -0.05) is 35.4 Å². The monoisotopic (exact) mass is 243 g/mol. The fraction of sp³-hybridized carbons (Fsp3) is 0.250. The maximum atomic E-state index is 13.4. The minimum atomic E-state index is -0.166. The molecule has 0 aliphatic carbocycles. The highest BCUT2D eigenvalue weighted by Crippen LogP contribution is 2.15. The zero-order valence-electron chi connectivity index (χ0n) is 11.0. The lowest BCUT2D eigenvalue weighted by atomic mass is 10.1. The Kier molecular flexibility index (Phi) is 3.66. The molecule has 2 rings (SSSR count). The normalized spacial score (nSPS) is 10.4. The third kappa shape index (κ3) is 3.10. The number of halogens is 1. The number of nitrogens with one attached hydrogen (secondary N) is 1. The van der Waals surface area contributed by atoms with Crippen LogP contribution < -0.4 is 5.32 Å². The summed E-state index contributed by atoms with van der Waals surface area (Å²) >= 11 is 0. The third-order valence-corrected chi connectivity index (χ3v) is 2.95. The van der Waals surface area contributed by atoms with Gasteiger partial charge >= 0.3 is 0 Å². The molecule has 94 valence electrons. The van der Waals surface area contributed by atoms with E-state index >= 15 is 0 Å². The third-order valence-electron chi connectivity index (χ3n) is 2.95. The number of rotatable bonds is 3. The van der Waals surface area contributed by atoms with Crippen molar-refractivity contribution in [3.8, 4) is 0 Å². The lowest BCUT2D eigenvalue weighted by Gasteiger charge is -2.09. The van der Waals surface area contributed by atoms with Crippen molar-refractivity contribution in [2.24, 2.45) is 0 Å². The van der Waals surface area contributed by atoms with Crippen LogP contribution in [-0.4, -0.2) is 0 Å². The fourth-order valence-electron chi connectivity index (χ4n) is 2.08. The molecular formula is C16H18FN. The van der Waals surface area contributed by atoms with Crippen molar-refractivity contribution in [3.05, 3.63) is 64.5 Å². The van der Waals surface area contributed by atoms with Crippen molar-refractivity contribution in [1.82, 2.24) is 0 Å². The van der Waals surface area contributed by atoms with Crippen LogP contribution in [-0.2, 0) is 6.54 Å². The maximum absolute atomic E-state index is 13.4. The average molecular weight is 243 g/mol. The first-order chi connectivity index (χ1) is 8.54. The number of aryl methyl sites for hydroxylation is 3. The molecule has 0 aromatic heterocycles. The summed E-state index contributed by atoms with van der Waals surface area (Å²) in [5, 5.41) is 3.24. The van der Waals surface area contributed by atoms with E-state index in [2.05, 4.69) is 37.4 Å². The molecule has 2 aromatic carbocycles. The highest BCUT2D eigenvalue weighted by molar-refractivity contribution is 5.46. The average Bonchev–Trinajstić information content (AvgIpc) is 2.29. The second kappa shape index (κ2) is 5.21. The molecule has 0 saturated heterocycles. The number of anilines is 1. The largest absolute Gasteiger partial charge is 0.381 e. The van der Waals surface area contributed by atoms with E-state index in [1.807, 2.05) is 6.07 Å². The quantitative estimate of drug-likeness (QED) is 0.844. The predicted molar refractivity (Wildman–Crippen MR) is 74.4 cm³/mol. The molecule has 18 heavy (non-hydrogen) atoms. The minimum absolute atomic E-state index is 0.166. The van der Waals surface area contributed by atoms with E-state index in [0.717, 1.165) is 5.69 Å². The molecule has 0 unspecified atom stereocenters. The van der Waals surface area contributed by atoms with Gasteiger partial charge in [0.2, 0.25) is 0 Å². The van der Waals surface area contributed by atoms with E-state index in [4.69, 9.17) is 0 Å². The second-order valence-corrected chi connectivity index (χ2v) is 4.81. The zero-order chi connectivity index (χ0) is 13.1. The van der Waals surface area contributed by atoms with E-state index in [-0.39, 0.29) is 5.82 Å². The Balaban J connectivity index is 2.08. The van der Waals surface area contributed by atoms with E-state index < -0.39 is 0 Å². The van der Waals surface area contributed by atoms with Crippen molar-refractivity contribution < 1.29 is 4.39 Å². The molecule has 0 aliphatic heterocycles. The summed E-state index contributed by atoms with van der Waals surface area (Å²) in [5.41, 5.74) is 5.21. The van der Waals surface area contributed by atoms with Crippen LogP contribution in [0.5, 0.6) is 0 Å². The molecule has 0 radical (unpaired) electrons. The van der Waals surface area contributed by atoms with Gasteiger partial charge in [0.15, 0.2) is 0 Å². The summed E-state index contributed by atoms with van der Waals surface area (Å²) in [6, 6.07) is 11.7. The van der Waals surface area contributed by atoms with E-state index in [1.165, 1.54) is 22.8 Å². The van der Waals surface area contributed by atoms with Crippen LogP contribution in [0, 0.1) is 26.6 Å². The highest BCUT2D eigenvalue weighted by atomic mass is 19.1. The first-order valence-electron chi connectivity index (χ1n) is 6.12. The van der Waals surface area contributed by atoms with Gasteiger partial charge in [-0.3, -0.25) is 0 Å². The van der Waals surface area contributed by atoms with E-state index in [0.29, 0.717) is 12.1 Å². The highest BCUT2D eigenvalue weighted by Gasteiger charge is 2.00. The lowest BCUT2D eigenvalue weighted by Crippen LogP contribution is -2.00. The van der Waals surface area contributed by atoms with Gasteiger partial charge in [-0.2, -0.15) is 0 Å². The Morgan fingerprint density at radius 3 is 2.22 bits per heavy atom. The molecule has 2 heteroatoms. The smallest absolute Gasteiger partial charge is 0.128 e. The molecule has 0 fully saturated rings. The van der Waals surface area contributed by atoms with Gasteiger partial charge in [-0.15, -0.1) is 0 Å². The molecule has 0 atom stereocenters. The number of hydrogen-bond donors (Lipinski definition) is 1. The van der Waals surface area contributed by atoms with Crippen molar-refractivity contribution in [1.29, 1.82) is 0 Å². The molecular weight excluding hydrogens is 225 g/mol. The SMILES string of the molecule is Cc1cc(C)cc(CNc2ccc(C)c(F)c2)c1. The van der Waals surface area contributed by atoms with Gasteiger partial charge in [0.25, 0.3) is 0 Å². The molecule has 0 heterocycles. The molecule has 0 bridgehead atoms. The van der Waals surface area contributed by atoms with Crippen LogP contribution in [0.4, 0.5) is 10.1 Å². The summed E-state index contributed by atoms with van der Waals surface area (Å²) in [5.74, 6) is -0.166. The summed E-state index contributed by atoms with van der Waals surface area (Å²) in [6.07, 6.45) is 0. The van der Waals surface area contributed by atoms with Gasteiger partial charge in [-0.05, 0) is 44.0 Å². The number of benzene rings is 2. The first kappa shape index (κ1) is 12.6. The molecule has 0 amide bonds. The van der Waals surface area contributed by atoms with Crippen LogP contribution in [0.2, 0.25) is 0 Å². The van der Waals surface area contributed by atoms with Gasteiger partial charge in [0.1, 0.15) is 5.82 Å². The van der Waals surface area contributed by atoms with Crippen molar-refractivity contribution in [2.45, 2.75) is 27.3 Å². The molecule has 2 aromatic rings. The zero-order valence-corrected chi connectivity index (χ0v) is 11.0. The fourth-order valence-corrected chi connectivity index (χ4v) is 2.08. The predicted octanol–water partition coefficient (Wildman–Crippen LogP) is 4.36. The van der Waals surface area contributed by atoms with E-state index in [1.54, 1.807) is 13.0 Å². The topological polar surface area (TPSA) is 12.0 Å². The molecule has 0 saturated carbocycles. The van der Waals surface area contributed by atoms with Crippen molar-refractivity contribution in [3.63, 3.8) is 0 Å². The van der Waals surface area contributed by atoms with Crippen LogP contribution in [0.15, 0.2) is 36.4 Å². The number of hydrogen-bond acceptors (Lipinski definition) is 1.